The maximum atomic E-state index is 13.4. The molecule has 1 aliphatic heterocycles. The molecule has 1 saturated carbocycles. The van der Waals surface area contributed by atoms with E-state index in [9.17, 15) is 14.4 Å². The summed E-state index contributed by atoms with van der Waals surface area (Å²) < 4.78 is 5.42. The lowest BCUT2D eigenvalue weighted by molar-refractivity contribution is -0.117. The molecule has 0 radical (unpaired) electrons. The Hall–Kier alpha value is -3.45. The Morgan fingerprint density at radius 3 is 2.61 bits per heavy atom. The van der Waals surface area contributed by atoms with E-state index in [0.717, 1.165) is 28.2 Å². The first kappa shape index (κ1) is 24.3. The first-order valence-electron chi connectivity index (χ1n) is 12.3. The number of benzene rings is 2. The summed E-state index contributed by atoms with van der Waals surface area (Å²) in [5, 5.41) is 4.82. The summed E-state index contributed by atoms with van der Waals surface area (Å²) in [6.07, 6.45) is 2.25. The van der Waals surface area contributed by atoms with Gasteiger partial charge in [-0.25, -0.2) is 4.79 Å². The number of nitrogens with one attached hydrogen (secondary N) is 1. The Balaban J connectivity index is 1.39. The van der Waals surface area contributed by atoms with E-state index in [4.69, 9.17) is 4.74 Å². The van der Waals surface area contributed by atoms with E-state index in [-0.39, 0.29) is 18.1 Å². The molecule has 6 nitrogen and oxygen atoms in total. The van der Waals surface area contributed by atoms with E-state index in [0.29, 0.717) is 29.2 Å². The van der Waals surface area contributed by atoms with Gasteiger partial charge in [-0.15, -0.1) is 11.3 Å². The molecule has 2 heterocycles. The van der Waals surface area contributed by atoms with Gasteiger partial charge in [-0.05, 0) is 98.0 Å². The summed E-state index contributed by atoms with van der Waals surface area (Å²) >= 11 is 1.62. The Labute approximate surface area is 215 Å². The maximum Gasteiger partial charge on any atom is 0.412 e. The molecule has 2 aromatic carbocycles. The smallest absolute Gasteiger partial charge is 0.412 e. The molecule has 36 heavy (non-hydrogen) atoms. The fraction of sp³-hybridized carbons (Fsp3) is 0.345. The minimum Gasteiger partial charge on any atom is -0.444 e. The molecular weight excluding hydrogens is 472 g/mol. The normalized spacial score (nSPS) is 15.1. The minimum absolute atomic E-state index is 0.0681. The molecule has 0 bridgehead atoms. The van der Waals surface area contributed by atoms with Crippen LogP contribution in [0.3, 0.4) is 0 Å². The van der Waals surface area contributed by atoms with Gasteiger partial charge in [0, 0.05) is 34.8 Å². The molecule has 186 valence electrons. The molecule has 0 unspecified atom stereocenters. The summed E-state index contributed by atoms with van der Waals surface area (Å²) in [7, 11) is 0. The van der Waals surface area contributed by atoms with Crippen LogP contribution < -0.4 is 10.2 Å². The van der Waals surface area contributed by atoms with Gasteiger partial charge in [0.25, 0.3) is 0 Å². The lowest BCUT2D eigenvalue weighted by Gasteiger charge is -2.20. The van der Waals surface area contributed by atoms with Crippen LogP contribution >= 0.6 is 11.3 Å². The highest BCUT2D eigenvalue weighted by atomic mass is 32.1. The summed E-state index contributed by atoms with van der Waals surface area (Å²) in [5.74, 6) is 0.642. The number of hydrogen-bond donors (Lipinski definition) is 1. The highest BCUT2D eigenvalue weighted by molar-refractivity contribution is 7.13. The van der Waals surface area contributed by atoms with E-state index in [1.54, 1.807) is 32.1 Å². The van der Waals surface area contributed by atoms with Gasteiger partial charge in [-0.3, -0.25) is 14.9 Å². The van der Waals surface area contributed by atoms with Crippen molar-refractivity contribution < 1.29 is 19.1 Å². The van der Waals surface area contributed by atoms with Crippen molar-refractivity contribution in [3.8, 4) is 10.4 Å². The molecule has 3 aromatic rings. The van der Waals surface area contributed by atoms with Crippen molar-refractivity contribution in [1.29, 1.82) is 0 Å². The van der Waals surface area contributed by atoms with Gasteiger partial charge in [-0.1, -0.05) is 12.1 Å². The van der Waals surface area contributed by atoms with Crippen LogP contribution in [0.25, 0.3) is 10.4 Å². The monoisotopic (exact) mass is 502 g/mol. The van der Waals surface area contributed by atoms with Crippen LogP contribution in [-0.4, -0.2) is 29.9 Å². The molecule has 0 saturated heterocycles. The van der Waals surface area contributed by atoms with Gasteiger partial charge in [-0.2, -0.15) is 0 Å². The van der Waals surface area contributed by atoms with Crippen molar-refractivity contribution in [2.24, 2.45) is 5.92 Å². The third-order valence-corrected chi connectivity index (χ3v) is 7.29. The number of ether oxygens (including phenoxy) is 1. The number of Topliss-reactive ketones (excluding diaryl/α,β-unsaturated/α-hetero) is 1. The molecule has 2 amide bonds. The van der Waals surface area contributed by atoms with Crippen molar-refractivity contribution in [3.63, 3.8) is 0 Å². The van der Waals surface area contributed by atoms with E-state index in [2.05, 4.69) is 5.32 Å². The second-order valence-corrected chi connectivity index (χ2v) is 11.5. The van der Waals surface area contributed by atoms with E-state index >= 15 is 0 Å². The molecule has 5 rings (SSSR count). The Morgan fingerprint density at radius 2 is 1.92 bits per heavy atom. The number of carbonyl (C=O) groups is 3. The molecule has 0 atom stereocenters. The molecule has 0 spiro atoms. The predicted octanol–water partition coefficient (Wildman–Crippen LogP) is 6.49. The quantitative estimate of drug-likeness (QED) is 0.375. The number of fused-ring (bicyclic) bond motifs is 1. The Bertz CT molecular complexity index is 1320. The maximum absolute atomic E-state index is 13.4. The Morgan fingerprint density at radius 1 is 1.11 bits per heavy atom. The van der Waals surface area contributed by atoms with Crippen molar-refractivity contribution in [3.05, 3.63) is 70.6 Å². The second kappa shape index (κ2) is 9.54. The highest BCUT2D eigenvalue weighted by Crippen LogP contribution is 2.36. The first-order valence-corrected chi connectivity index (χ1v) is 13.2. The van der Waals surface area contributed by atoms with Gasteiger partial charge in [0.2, 0.25) is 5.91 Å². The van der Waals surface area contributed by atoms with Crippen molar-refractivity contribution in [2.75, 3.05) is 16.8 Å². The number of anilines is 2. The van der Waals surface area contributed by atoms with E-state index < -0.39 is 11.7 Å². The van der Waals surface area contributed by atoms with Gasteiger partial charge in [0.1, 0.15) is 5.60 Å². The molecule has 2 aliphatic rings. The van der Waals surface area contributed by atoms with Gasteiger partial charge in [0.15, 0.2) is 5.78 Å². The first-order chi connectivity index (χ1) is 17.2. The van der Waals surface area contributed by atoms with Gasteiger partial charge < -0.3 is 9.64 Å². The minimum atomic E-state index is -0.633. The van der Waals surface area contributed by atoms with Gasteiger partial charge in [0.05, 0.1) is 6.42 Å². The van der Waals surface area contributed by atoms with Crippen LogP contribution in [0.4, 0.5) is 16.2 Å². The number of rotatable bonds is 7. The summed E-state index contributed by atoms with van der Waals surface area (Å²) in [5.41, 5.74) is 4.01. The van der Waals surface area contributed by atoms with E-state index in [1.807, 2.05) is 58.8 Å². The van der Waals surface area contributed by atoms with Crippen molar-refractivity contribution in [2.45, 2.75) is 52.1 Å². The fourth-order valence-electron chi connectivity index (χ4n) is 4.46. The topological polar surface area (TPSA) is 75.7 Å². The zero-order valence-corrected chi connectivity index (χ0v) is 21.6. The molecule has 1 N–H and O–H groups in total. The number of nitrogens with zero attached hydrogens (tertiary/aromatic N) is 1. The number of amides is 2. The summed E-state index contributed by atoms with van der Waals surface area (Å²) in [6.45, 7) is 6.19. The van der Waals surface area contributed by atoms with Crippen LogP contribution in [0.1, 0.15) is 55.1 Å². The zero-order valence-electron chi connectivity index (χ0n) is 20.8. The summed E-state index contributed by atoms with van der Waals surface area (Å²) in [6, 6.07) is 15.3. The number of ketones is 1. The average molecular weight is 503 g/mol. The number of hydrogen-bond acceptors (Lipinski definition) is 5. The highest BCUT2D eigenvalue weighted by Gasteiger charge is 2.33. The van der Waals surface area contributed by atoms with Gasteiger partial charge >= 0.3 is 6.09 Å². The third-order valence-electron chi connectivity index (χ3n) is 6.37. The molecule has 7 heteroatoms. The second-order valence-electron chi connectivity index (χ2n) is 10.5. The summed E-state index contributed by atoms with van der Waals surface area (Å²) in [4.78, 5) is 41.4. The predicted molar refractivity (Wildman–Crippen MR) is 143 cm³/mol. The number of thiophene rings is 1. The zero-order chi connectivity index (χ0) is 25.4. The van der Waals surface area contributed by atoms with Crippen molar-refractivity contribution in [1.82, 2.24) is 0 Å². The van der Waals surface area contributed by atoms with Crippen LogP contribution in [0.2, 0.25) is 0 Å². The number of carbonyl (C=O) groups excluding carboxylic acids is 3. The fourth-order valence-corrected chi connectivity index (χ4v) is 5.19. The van der Waals surface area contributed by atoms with Crippen LogP contribution in [-0.2, 0) is 22.4 Å². The average Bonchev–Trinajstić information content (AvgIpc) is 3.34. The Kier molecular flexibility index (Phi) is 6.43. The van der Waals surface area contributed by atoms with Crippen LogP contribution in [0.15, 0.2) is 53.9 Å². The molecule has 1 aliphatic carbocycles. The molecule has 1 aromatic heterocycles. The SMILES string of the molecule is CC(C)(C)OC(=O)Nc1ccc(-c2cccs2)cc1CC(=O)c1ccc2c(c1)CC(=O)N2CC1CC1. The lowest BCUT2D eigenvalue weighted by Crippen LogP contribution is -2.28. The van der Waals surface area contributed by atoms with Crippen molar-refractivity contribution >= 4 is 40.5 Å². The standard InChI is InChI=1S/C29H30N2O4S/c1-29(2,3)35-28(34)30-23-10-8-20(26-5-4-12-36-26)14-21(23)15-25(32)19-9-11-24-22(13-19)16-27(33)31(24)17-18-6-7-18/h4-5,8-14,18H,6-7,15-17H2,1-3H3,(H,30,34). The molecule has 1 fully saturated rings. The van der Waals surface area contributed by atoms with E-state index in [1.165, 1.54) is 12.8 Å². The largest absolute Gasteiger partial charge is 0.444 e. The van der Waals surface area contributed by atoms with Crippen LogP contribution in [0.5, 0.6) is 0 Å². The van der Waals surface area contributed by atoms with Crippen LogP contribution in [0, 0.1) is 5.92 Å². The molecular formula is C29H30N2O4S. The lowest BCUT2D eigenvalue weighted by atomic mass is 9.97. The third kappa shape index (κ3) is 5.51.